The topological polar surface area (TPSA) is 84.6 Å². The highest BCUT2D eigenvalue weighted by Gasteiger charge is 2.13. The predicted molar refractivity (Wildman–Crippen MR) is 79.9 cm³/mol. The van der Waals surface area contributed by atoms with E-state index < -0.39 is 7.12 Å². The van der Waals surface area contributed by atoms with Crippen LogP contribution in [0.3, 0.4) is 0 Å². The molecule has 1 aromatic carbocycles. The van der Waals surface area contributed by atoms with Gasteiger partial charge in [-0.1, -0.05) is 18.9 Å². The van der Waals surface area contributed by atoms with Crippen molar-refractivity contribution in [2.45, 2.75) is 32.1 Å². The Morgan fingerprint density at radius 2 is 2.14 bits per heavy atom. The average Bonchev–Trinajstić information content (AvgIpc) is 2.89. The fourth-order valence-electron chi connectivity index (χ4n) is 2.33. The number of aryl methyl sites for hydroxylation is 1. The van der Waals surface area contributed by atoms with Crippen LogP contribution >= 0.6 is 0 Å². The van der Waals surface area contributed by atoms with Gasteiger partial charge in [-0.2, -0.15) is 0 Å². The van der Waals surface area contributed by atoms with Gasteiger partial charge in [-0.05, 0) is 24.9 Å². The van der Waals surface area contributed by atoms with Crippen LogP contribution in [0, 0.1) is 0 Å². The SMILES string of the molecule is COC(=O)c1cccc2c1ncn2CCCCCB(O)O. The lowest BCUT2D eigenvalue weighted by atomic mass is 9.83. The van der Waals surface area contributed by atoms with Gasteiger partial charge in [0.2, 0.25) is 0 Å². The minimum absolute atomic E-state index is 0.386. The molecule has 0 atom stereocenters. The molecule has 1 heterocycles. The zero-order valence-electron chi connectivity index (χ0n) is 12.0. The van der Waals surface area contributed by atoms with Crippen LogP contribution in [-0.2, 0) is 11.3 Å². The van der Waals surface area contributed by atoms with E-state index in [-0.39, 0.29) is 5.97 Å². The van der Waals surface area contributed by atoms with Gasteiger partial charge in [0.25, 0.3) is 0 Å². The van der Waals surface area contributed by atoms with E-state index in [4.69, 9.17) is 14.8 Å². The summed E-state index contributed by atoms with van der Waals surface area (Å²) in [6.45, 7) is 0.780. The average molecular weight is 290 g/mol. The van der Waals surface area contributed by atoms with E-state index in [0.29, 0.717) is 17.4 Å². The standard InChI is InChI=1S/C14H19BN2O4/c1-21-14(18)11-6-5-7-12-13(11)16-10-17(12)9-4-2-3-8-15(19)20/h5-7,10,19-20H,2-4,8-9H2,1H3. The molecular weight excluding hydrogens is 271 g/mol. The summed E-state index contributed by atoms with van der Waals surface area (Å²) in [7, 11) is 0.134. The van der Waals surface area contributed by atoms with Crippen molar-refractivity contribution in [3.63, 3.8) is 0 Å². The van der Waals surface area contributed by atoms with Gasteiger partial charge in [-0.25, -0.2) is 9.78 Å². The third kappa shape index (κ3) is 3.83. The lowest BCUT2D eigenvalue weighted by Crippen LogP contribution is -2.09. The molecule has 0 saturated heterocycles. The van der Waals surface area contributed by atoms with Crippen molar-refractivity contribution in [1.29, 1.82) is 0 Å². The Morgan fingerprint density at radius 3 is 2.86 bits per heavy atom. The van der Waals surface area contributed by atoms with E-state index in [9.17, 15) is 4.79 Å². The number of esters is 1. The molecule has 2 N–H and O–H groups in total. The summed E-state index contributed by atoms with van der Waals surface area (Å²) in [4.78, 5) is 16.0. The number of fused-ring (bicyclic) bond motifs is 1. The maximum atomic E-state index is 11.7. The number of aromatic nitrogens is 2. The Bertz CT molecular complexity index is 612. The van der Waals surface area contributed by atoms with E-state index in [0.717, 1.165) is 31.3 Å². The molecule has 0 spiro atoms. The molecule has 0 fully saturated rings. The summed E-state index contributed by atoms with van der Waals surface area (Å²) in [6.07, 6.45) is 4.72. The number of ether oxygens (including phenoxy) is 1. The Kier molecular flexibility index (Phi) is 5.35. The third-order valence-corrected chi connectivity index (χ3v) is 3.42. The van der Waals surface area contributed by atoms with E-state index in [2.05, 4.69) is 4.98 Å². The van der Waals surface area contributed by atoms with Crippen molar-refractivity contribution >= 4 is 24.1 Å². The molecule has 7 heteroatoms. The number of carbonyl (C=O) groups excluding carboxylic acids is 1. The Hall–Kier alpha value is -1.86. The zero-order chi connectivity index (χ0) is 15.2. The number of benzene rings is 1. The second-order valence-corrected chi connectivity index (χ2v) is 4.93. The summed E-state index contributed by atoms with van der Waals surface area (Å²) < 4.78 is 6.75. The van der Waals surface area contributed by atoms with Crippen LogP contribution in [-0.4, -0.2) is 39.8 Å². The van der Waals surface area contributed by atoms with Crippen LogP contribution in [0.1, 0.15) is 29.6 Å². The molecule has 0 aliphatic heterocycles. The number of nitrogens with zero attached hydrogens (tertiary/aromatic N) is 2. The second-order valence-electron chi connectivity index (χ2n) is 4.93. The zero-order valence-corrected chi connectivity index (χ0v) is 12.0. The van der Waals surface area contributed by atoms with Crippen molar-refractivity contribution < 1.29 is 19.6 Å². The Balaban J connectivity index is 2.03. The molecule has 112 valence electrons. The summed E-state index contributed by atoms with van der Waals surface area (Å²) >= 11 is 0. The molecule has 0 aliphatic carbocycles. The van der Waals surface area contributed by atoms with Crippen molar-refractivity contribution in [1.82, 2.24) is 9.55 Å². The summed E-state index contributed by atoms with van der Waals surface area (Å²) in [6, 6.07) is 5.44. The van der Waals surface area contributed by atoms with Crippen LogP contribution < -0.4 is 0 Å². The predicted octanol–water partition coefficient (Wildman–Crippen LogP) is 1.47. The lowest BCUT2D eigenvalue weighted by molar-refractivity contribution is 0.0603. The largest absolute Gasteiger partial charge is 0.465 e. The molecule has 0 saturated carbocycles. The first-order chi connectivity index (χ1) is 10.1. The molecule has 21 heavy (non-hydrogen) atoms. The first kappa shape index (κ1) is 15.5. The van der Waals surface area contributed by atoms with Gasteiger partial charge in [-0.3, -0.25) is 0 Å². The molecule has 2 aromatic rings. The minimum atomic E-state index is -1.22. The Morgan fingerprint density at radius 1 is 1.33 bits per heavy atom. The molecule has 0 amide bonds. The smallest absolute Gasteiger partial charge is 0.451 e. The van der Waals surface area contributed by atoms with E-state index >= 15 is 0 Å². The number of hydrogen-bond acceptors (Lipinski definition) is 5. The van der Waals surface area contributed by atoms with Crippen LogP contribution in [0.15, 0.2) is 24.5 Å². The van der Waals surface area contributed by atoms with E-state index in [1.807, 2.05) is 16.7 Å². The summed E-state index contributed by atoms with van der Waals surface area (Å²) in [5.74, 6) is -0.386. The monoisotopic (exact) mass is 290 g/mol. The quantitative estimate of drug-likeness (QED) is 0.458. The summed E-state index contributed by atoms with van der Waals surface area (Å²) in [5.41, 5.74) is 2.02. The first-order valence-corrected chi connectivity index (χ1v) is 7.01. The highest BCUT2D eigenvalue weighted by Crippen LogP contribution is 2.19. The number of carbonyl (C=O) groups is 1. The van der Waals surface area contributed by atoms with Gasteiger partial charge in [0, 0.05) is 6.54 Å². The molecule has 0 unspecified atom stereocenters. The number of rotatable bonds is 7. The van der Waals surface area contributed by atoms with Gasteiger partial charge in [-0.15, -0.1) is 0 Å². The second kappa shape index (κ2) is 7.24. The minimum Gasteiger partial charge on any atom is -0.465 e. The molecule has 0 radical (unpaired) electrons. The molecular formula is C14H19BN2O4. The maximum Gasteiger partial charge on any atom is 0.451 e. The number of unbranched alkanes of at least 4 members (excludes halogenated alkanes) is 2. The normalized spacial score (nSPS) is 10.8. The number of hydrogen-bond donors (Lipinski definition) is 2. The Labute approximate surface area is 123 Å². The molecule has 6 nitrogen and oxygen atoms in total. The van der Waals surface area contributed by atoms with Gasteiger partial charge >= 0.3 is 13.1 Å². The van der Waals surface area contributed by atoms with Crippen LogP contribution in [0.2, 0.25) is 6.32 Å². The molecule has 0 aliphatic rings. The number of imidazole rings is 1. The van der Waals surface area contributed by atoms with Crippen molar-refractivity contribution in [2.75, 3.05) is 7.11 Å². The maximum absolute atomic E-state index is 11.7. The van der Waals surface area contributed by atoms with Gasteiger partial charge in [0.1, 0.15) is 5.52 Å². The van der Waals surface area contributed by atoms with Gasteiger partial charge in [0.05, 0.1) is 24.5 Å². The fraction of sp³-hybridized carbons (Fsp3) is 0.429. The third-order valence-electron chi connectivity index (χ3n) is 3.42. The highest BCUT2D eigenvalue weighted by atomic mass is 16.5. The van der Waals surface area contributed by atoms with Crippen LogP contribution in [0.4, 0.5) is 0 Å². The van der Waals surface area contributed by atoms with Gasteiger partial charge in [0.15, 0.2) is 0 Å². The number of para-hydroxylation sites is 1. The van der Waals surface area contributed by atoms with Crippen molar-refractivity contribution in [3.8, 4) is 0 Å². The van der Waals surface area contributed by atoms with Gasteiger partial charge < -0.3 is 19.4 Å². The van der Waals surface area contributed by atoms with E-state index in [1.165, 1.54) is 7.11 Å². The first-order valence-electron chi connectivity index (χ1n) is 7.01. The van der Waals surface area contributed by atoms with Crippen LogP contribution in [0.25, 0.3) is 11.0 Å². The van der Waals surface area contributed by atoms with Crippen LogP contribution in [0.5, 0.6) is 0 Å². The molecule has 0 bridgehead atoms. The van der Waals surface area contributed by atoms with E-state index in [1.54, 1.807) is 12.4 Å². The number of methoxy groups -OCH3 is 1. The fourth-order valence-corrected chi connectivity index (χ4v) is 2.33. The van der Waals surface area contributed by atoms with Crippen molar-refractivity contribution in [3.05, 3.63) is 30.1 Å². The highest BCUT2D eigenvalue weighted by molar-refractivity contribution is 6.40. The lowest BCUT2D eigenvalue weighted by Gasteiger charge is -2.05. The molecule has 2 rings (SSSR count). The molecule has 1 aromatic heterocycles. The van der Waals surface area contributed by atoms with Crippen molar-refractivity contribution in [2.24, 2.45) is 0 Å². The summed E-state index contributed by atoms with van der Waals surface area (Å²) in [5, 5.41) is 17.6.